The summed E-state index contributed by atoms with van der Waals surface area (Å²) in [5.74, 6) is 0.126. The summed E-state index contributed by atoms with van der Waals surface area (Å²) in [4.78, 5) is 12.1. The first-order valence-electron chi connectivity index (χ1n) is 7.32. The molecule has 2 rings (SSSR count). The maximum Gasteiger partial charge on any atom is 0.223 e. The Balaban J connectivity index is 0.00000220. The van der Waals surface area contributed by atoms with E-state index < -0.39 is 6.10 Å². The van der Waals surface area contributed by atoms with Crippen LogP contribution >= 0.6 is 12.4 Å². The fourth-order valence-electron chi connectivity index (χ4n) is 2.71. The standard InChI is InChI=1S/C16H24N2O2.ClH/c1-11-4-3-5-13(8-11)15(19)10-18-16(20)14-6-7-17-12(2)9-14;/h3-5,8,12,14-15,17,19H,6-7,9-10H2,1-2H3,(H,18,20);1H/t12-,14-,15?;/m0./s1. The van der Waals surface area contributed by atoms with Crippen molar-refractivity contribution in [3.05, 3.63) is 35.4 Å². The van der Waals surface area contributed by atoms with E-state index in [9.17, 15) is 9.90 Å². The Morgan fingerprint density at radius 3 is 2.95 bits per heavy atom. The summed E-state index contributed by atoms with van der Waals surface area (Å²) in [6, 6.07) is 8.14. The molecule has 21 heavy (non-hydrogen) atoms. The van der Waals surface area contributed by atoms with Gasteiger partial charge in [0.05, 0.1) is 6.10 Å². The maximum absolute atomic E-state index is 12.1. The van der Waals surface area contributed by atoms with E-state index in [2.05, 4.69) is 17.6 Å². The van der Waals surface area contributed by atoms with Crippen molar-refractivity contribution in [1.82, 2.24) is 10.6 Å². The molecule has 0 radical (unpaired) electrons. The molecule has 0 aliphatic carbocycles. The van der Waals surface area contributed by atoms with Gasteiger partial charge in [0.25, 0.3) is 0 Å². The lowest BCUT2D eigenvalue weighted by Crippen LogP contribution is -2.43. The second-order valence-corrected chi connectivity index (χ2v) is 5.75. The fraction of sp³-hybridized carbons (Fsp3) is 0.562. The Bertz CT molecular complexity index is 467. The Labute approximate surface area is 132 Å². The van der Waals surface area contributed by atoms with Gasteiger partial charge in [-0.05, 0) is 38.8 Å². The summed E-state index contributed by atoms with van der Waals surface area (Å²) in [6.45, 7) is 5.26. The van der Waals surface area contributed by atoms with Gasteiger partial charge in [-0.1, -0.05) is 29.8 Å². The molecule has 3 atom stereocenters. The maximum atomic E-state index is 12.1. The van der Waals surface area contributed by atoms with Crippen molar-refractivity contribution in [1.29, 1.82) is 0 Å². The van der Waals surface area contributed by atoms with Crippen LogP contribution in [0.4, 0.5) is 0 Å². The number of hydrogen-bond acceptors (Lipinski definition) is 3. The molecule has 1 aliphatic rings. The second-order valence-electron chi connectivity index (χ2n) is 5.75. The predicted octanol–water partition coefficient (Wildman–Crippen LogP) is 1.95. The third kappa shape index (κ3) is 5.30. The van der Waals surface area contributed by atoms with Crippen molar-refractivity contribution in [2.75, 3.05) is 13.1 Å². The highest BCUT2D eigenvalue weighted by Gasteiger charge is 2.24. The van der Waals surface area contributed by atoms with Crippen LogP contribution in [0.2, 0.25) is 0 Å². The Hall–Kier alpha value is -1.10. The molecular weight excluding hydrogens is 288 g/mol. The van der Waals surface area contributed by atoms with Crippen molar-refractivity contribution in [3.8, 4) is 0 Å². The molecular formula is C16H25ClN2O2. The van der Waals surface area contributed by atoms with Gasteiger partial charge in [0.15, 0.2) is 0 Å². The second kappa shape index (κ2) is 8.37. The minimum absolute atomic E-state index is 0. The lowest BCUT2D eigenvalue weighted by molar-refractivity contribution is -0.126. The highest BCUT2D eigenvalue weighted by atomic mass is 35.5. The van der Waals surface area contributed by atoms with E-state index >= 15 is 0 Å². The van der Waals surface area contributed by atoms with Crippen LogP contribution in [0.25, 0.3) is 0 Å². The summed E-state index contributed by atoms with van der Waals surface area (Å²) in [7, 11) is 0. The normalized spacial score (nSPS) is 23.0. The molecule has 1 aromatic rings. The molecule has 4 nitrogen and oxygen atoms in total. The van der Waals surface area contributed by atoms with E-state index in [-0.39, 0.29) is 30.8 Å². The molecule has 118 valence electrons. The van der Waals surface area contributed by atoms with Gasteiger partial charge >= 0.3 is 0 Å². The van der Waals surface area contributed by atoms with E-state index in [1.54, 1.807) is 0 Å². The molecule has 0 aromatic heterocycles. The van der Waals surface area contributed by atoms with Crippen LogP contribution in [0.3, 0.4) is 0 Å². The number of carbonyl (C=O) groups is 1. The van der Waals surface area contributed by atoms with Gasteiger partial charge in [0.2, 0.25) is 5.91 Å². The number of hydrogen-bond donors (Lipinski definition) is 3. The molecule has 0 spiro atoms. The molecule has 0 saturated carbocycles. The molecule has 1 amide bonds. The minimum Gasteiger partial charge on any atom is -0.387 e. The SMILES string of the molecule is Cc1cccc(C(O)CNC(=O)[C@H]2CCN[C@@H](C)C2)c1.Cl. The molecule has 1 aromatic carbocycles. The zero-order chi connectivity index (χ0) is 14.5. The number of halogens is 1. The molecule has 1 unspecified atom stereocenters. The zero-order valence-electron chi connectivity index (χ0n) is 12.6. The highest BCUT2D eigenvalue weighted by Crippen LogP contribution is 2.17. The third-order valence-corrected chi connectivity index (χ3v) is 3.89. The summed E-state index contributed by atoms with van der Waals surface area (Å²) in [6.07, 6.45) is 1.10. The van der Waals surface area contributed by atoms with Crippen LogP contribution in [-0.2, 0) is 4.79 Å². The van der Waals surface area contributed by atoms with Crippen LogP contribution in [0.1, 0.15) is 37.0 Å². The average molecular weight is 313 g/mol. The van der Waals surface area contributed by atoms with E-state index in [4.69, 9.17) is 0 Å². The summed E-state index contributed by atoms with van der Waals surface area (Å²) >= 11 is 0. The third-order valence-electron chi connectivity index (χ3n) is 3.89. The fourth-order valence-corrected chi connectivity index (χ4v) is 2.71. The number of carbonyl (C=O) groups excluding carboxylic acids is 1. The Morgan fingerprint density at radius 2 is 2.29 bits per heavy atom. The number of benzene rings is 1. The summed E-state index contributed by atoms with van der Waals surface area (Å²) in [5.41, 5.74) is 1.96. The first-order valence-corrected chi connectivity index (χ1v) is 7.32. The van der Waals surface area contributed by atoms with Gasteiger partial charge in [0.1, 0.15) is 0 Å². The van der Waals surface area contributed by atoms with Crippen LogP contribution in [0.5, 0.6) is 0 Å². The molecule has 1 aliphatic heterocycles. The van der Waals surface area contributed by atoms with Crippen LogP contribution in [0, 0.1) is 12.8 Å². The number of rotatable bonds is 4. The van der Waals surface area contributed by atoms with Crippen molar-refractivity contribution in [2.45, 2.75) is 38.8 Å². The molecule has 3 N–H and O–H groups in total. The number of amides is 1. The highest BCUT2D eigenvalue weighted by molar-refractivity contribution is 5.85. The van der Waals surface area contributed by atoms with E-state index in [0.717, 1.165) is 30.5 Å². The van der Waals surface area contributed by atoms with Crippen molar-refractivity contribution < 1.29 is 9.90 Å². The van der Waals surface area contributed by atoms with E-state index in [1.165, 1.54) is 0 Å². The van der Waals surface area contributed by atoms with Gasteiger partial charge in [-0.25, -0.2) is 0 Å². The lowest BCUT2D eigenvalue weighted by atomic mass is 9.92. The van der Waals surface area contributed by atoms with Crippen molar-refractivity contribution in [2.24, 2.45) is 5.92 Å². The number of nitrogens with one attached hydrogen (secondary N) is 2. The first kappa shape index (κ1) is 18.0. The van der Waals surface area contributed by atoms with Crippen LogP contribution in [0.15, 0.2) is 24.3 Å². The summed E-state index contributed by atoms with van der Waals surface area (Å²) in [5, 5.41) is 16.3. The minimum atomic E-state index is -0.641. The van der Waals surface area contributed by atoms with Crippen molar-refractivity contribution >= 4 is 18.3 Å². The van der Waals surface area contributed by atoms with Gasteiger partial charge < -0.3 is 15.7 Å². The molecule has 1 saturated heterocycles. The number of piperidine rings is 1. The van der Waals surface area contributed by atoms with Crippen molar-refractivity contribution in [3.63, 3.8) is 0 Å². The van der Waals surface area contributed by atoms with Gasteiger partial charge in [0, 0.05) is 18.5 Å². The van der Waals surface area contributed by atoms with Gasteiger partial charge in [-0.2, -0.15) is 0 Å². The molecule has 1 fully saturated rings. The largest absolute Gasteiger partial charge is 0.387 e. The number of aryl methyl sites for hydroxylation is 1. The quantitative estimate of drug-likeness (QED) is 0.796. The van der Waals surface area contributed by atoms with Gasteiger partial charge in [-0.15, -0.1) is 12.4 Å². The lowest BCUT2D eigenvalue weighted by Gasteiger charge is -2.27. The topological polar surface area (TPSA) is 61.4 Å². The van der Waals surface area contributed by atoms with E-state index in [0.29, 0.717) is 6.04 Å². The average Bonchev–Trinajstić information content (AvgIpc) is 2.44. The first-order chi connectivity index (χ1) is 9.56. The Morgan fingerprint density at radius 1 is 1.52 bits per heavy atom. The van der Waals surface area contributed by atoms with Crippen LogP contribution < -0.4 is 10.6 Å². The summed E-state index contributed by atoms with van der Waals surface area (Å²) < 4.78 is 0. The Kier molecular flexibility index (Phi) is 7.15. The molecule has 0 bridgehead atoms. The predicted molar refractivity (Wildman–Crippen MR) is 86.6 cm³/mol. The monoisotopic (exact) mass is 312 g/mol. The molecule has 5 heteroatoms. The zero-order valence-corrected chi connectivity index (χ0v) is 13.5. The van der Waals surface area contributed by atoms with E-state index in [1.807, 2.05) is 31.2 Å². The number of aliphatic hydroxyl groups is 1. The molecule has 1 heterocycles. The smallest absolute Gasteiger partial charge is 0.223 e. The van der Waals surface area contributed by atoms with Gasteiger partial charge in [-0.3, -0.25) is 4.79 Å². The number of aliphatic hydroxyl groups excluding tert-OH is 1. The van der Waals surface area contributed by atoms with Crippen LogP contribution in [-0.4, -0.2) is 30.1 Å².